The lowest BCUT2D eigenvalue weighted by molar-refractivity contribution is -0.121. The highest BCUT2D eigenvalue weighted by atomic mass is 79.9. The molecule has 0 bridgehead atoms. The number of nitrogens with one attached hydrogen (secondary N) is 1. The summed E-state index contributed by atoms with van der Waals surface area (Å²) in [5, 5.41) is 7.69. The Labute approximate surface area is 159 Å². The van der Waals surface area contributed by atoms with E-state index in [1.54, 1.807) is 0 Å². The quantitative estimate of drug-likeness (QED) is 0.761. The number of carbonyl (C=O) groups excluding carboxylic acids is 2. The average Bonchev–Trinajstić information content (AvgIpc) is 2.57. The number of aryl methyl sites for hydroxylation is 1. The van der Waals surface area contributed by atoms with Crippen molar-refractivity contribution in [2.75, 3.05) is 16.8 Å². The van der Waals surface area contributed by atoms with E-state index in [9.17, 15) is 18.0 Å². The first-order valence-electron chi connectivity index (χ1n) is 7.75. The molecule has 3 rings (SSSR count). The molecule has 7 nitrogen and oxygen atoms in total. The Bertz CT molecular complexity index is 974. The van der Waals surface area contributed by atoms with Gasteiger partial charge in [-0.05, 0) is 54.4 Å². The lowest BCUT2D eigenvalue weighted by atomic mass is 10.0. The van der Waals surface area contributed by atoms with Crippen molar-refractivity contribution in [3.05, 3.63) is 52.5 Å². The molecule has 0 saturated heterocycles. The smallest absolute Gasteiger partial charge is 0.244 e. The number of nitrogens with zero attached hydrogens (tertiary/aromatic N) is 1. The van der Waals surface area contributed by atoms with Gasteiger partial charge >= 0.3 is 0 Å². The second-order valence-corrected chi connectivity index (χ2v) is 8.35. The summed E-state index contributed by atoms with van der Waals surface area (Å²) in [6.45, 7) is -0.121. The number of amides is 2. The van der Waals surface area contributed by atoms with E-state index in [1.165, 1.54) is 29.2 Å². The molecule has 0 atom stereocenters. The highest BCUT2D eigenvalue weighted by Crippen LogP contribution is 2.30. The van der Waals surface area contributed by atoms with Gasteiger partial charge in [-0.1, -0.05) is 15.9 Å². The van der Waals surface area contributed by atoms with Crippen LogP contribution in [0, 0.1) is 0 Å². The van der Waals surface area contributed by atoms with E-state index in [4.69, 9.17) is 5.14 Å². The van der Waals surface area contributed by atoms with E-state index in [0.29, 0.717) is 18.5 Å². The zero-order valence-corrected chi connectivity index (χ0v) is 16.0. The molecule has 3 N–H and O–H groups in total. The van der Waals surface area contributed by atoms with E-state index >= 15 is 0 Å². The van der Waals surface area contributed by atoms with Gasteiger partial charge in [0, 0.05) is 22.3 Å². The molecule has 1 aliphatic heterocycles. The van der Waals surface area contributed by atoms with Gasteiger partial charge < -0.3 is 10.2 Å². The molecule has 0 saturated carbocycles. The van der Waals surface area contributed by atoms with Crippen molar-refractivity contribution in [1.82, 2.24) is 0 Å². The summed E-state index contributed by atoms with van der Waals surface area (Å²) in [6, 6.07) is 11.1. The predicted octanol–water partition coefficient (Wildman–Crippen LogP) is 2.01. The molecule has 136 valence electrons. The number of rotatable bonds is 4. The summed E-state index contributed by atoms with van der Waals surface area (Å²) < 4.78 is 23.4. The number of hydrogen-bond acceptors (Lipinski definition) is 4. The number of carbonyl (C=O) groups is 2. The summed E-state index contributed by atoms with van der Waals surface area (Å²) >= 11 is 3.41. The lowest BCUT2D eigenvalue weighted by Gasteiger charge is -2.29. The standard InChI is InChI=1S/C17H16BrN3O4S/c18-12-2-7-15-11(9-12)1-8-17(23)21(15)10-16(22)20-13-3-5-14(6-4-13)26(19,24)25/h2-7,9H,1,8,10H2,(H,20,22)(H2,19,24,25). The Balaban J connectivity index is 1.73. The van der Waals surface area contributed by atoms with Crippen LogP contribution in [-0.2, 0) is 26.0 Å². The van der Waals surface area contributed by atoms with Crippen LogP contribution < -0.4 is 15.4 Å². The van der Waals surface area contributed by atoms with Crippen LogP contribution in [0.5, 0.6) is 0 Å². The average molecular weight is 438 g/mol. The number of fused-ring (bicyclic) bond motifs is 1. The van der Waals surface area contributed by atoms with Crippen LogP contribution in [0.4, 0.5) is 11.4 Å². The van der Waals surface area contributed by atoms with E-state index in [-0.39, 0.29) is 23.3 Å². The van der Waals surface area contributed by atoms with Crippen LogP contribution in [0.1, 0.15) is 12.0 Å². The summed E-state index contributed by atoms with van der Waals surface area (Å²) in [7, 11) is -3.78. The molecule has 0 fully saturated rings. The molecule has 2 amide bonds. The molecule has 0 radical (unpaired) electrons. The van der Waals surface area contributed by atoms with Crippen LogP contribution in [0.25, 0.3) is 0 Å². The van der Waals surface area contributed by atoms with Gasteiger partial charge in [0.15, 0.2) is 0 Å². The Hall–Kier alpha value is -2.23. The highest BCUT2D eigenvalue weighted by molar-refractivity contribution is 9.10. The number of sulfonamides is 1. The minimum absolute atomic E-state index is 0.0405. The molecule has 0 unspecified atom stereocenters. The van der Waals surface area contributed by atoms with Gasteiger partial charge in [-0.15, -0.1) is 0 Å². The summed E-state index contributed by atoms with van der Waals surface area (Å²) in [4.78, 5) is 26.0. The van der Waals surface area contributed by atoms with E-state index in [2.05, 4.69) is 21.2 Å². The summed E-state index contributed by atoms with van der Waals surface area (Å²) in [5.41, 5.74) is 2.15. The van der Waals surface area contributed by atoms with Crippen LogP contribution in [0.15, 0.2) is 51.8 Å². The van der Waals surface area contributed by atoms with Crippen molar-refractivity contribution in [3.8, 4) is 0 Å². The Morgan fingerprint density at radius 1 is 1.15 bits per heavy atom. The molecule has 0 aromatic heterocycles. The van der Waals surface area contributed by atoms with Crippen molar-refractivity contribution in [2.45, 2.75) is 17.7 Å². The second kappa shape index (κ2) is 7.18. The van der Waals surface area contributed by atoms with Crippen LogP contribution in [0.2, 0.25) is 0 Å². The highest BCUT2D eigenvalue weighted by Gasteiger charge is 2.26. The molecule has 2 aromatic carbocycles. The van der Waals surface area contributed by atoms with Crippen LogP contribution in [0.3, 0.4) is 0 Å². The van der Waals surface area contributed by atoms with E-state index in [0.717, 1.165) is 15.7 Å². The number of nitrogens with two attached hydrogens (primary N) is 1. The maximum Gasteiger partial charge on any atom is 0.244 e. The monoisotopic (exact) mass is 437 g/mol. The first-order chi connectivity index (χ1) is 12.2. The van der Waals surface area contributed by atoms with Crippen LogP contribution >= 0.6 is 15.9 Å². The molecular formula is C17H16BrN3O4S. The number of hydrogen-bond donors (Lipinski definition) is 2. The van der Waals surface area contributed by atoms with Crippen molar-refractivity contribution in [3.63, 3.8) is 0 Å². The number of anilines is 2. The molecule has 0 aliphatic carbocycles. The minimum atomic E-state index is -3.78. The van der Waals surface area contributed by atoms with Gasteiger partial charge in [-0.2, -0.15) is 0 Å². The molecule has 2 aromatic rings. The fourth-order valence-electron chi connectivity index (χ4n) is 2.77. The zero-order valence-electron chi connectivity index (χ0n) is 13.6. The maximum atomic E-state index is 12.3. The minimum Gasteiger partial charge on any atom is -0.325 e. The van der Waals surface area contributed by atoms with Crippen LogP contribution in [-0.4, -0.2) is 26.8 Å². The van der Waals surface area contributed by atoms with Gasteiger partial charge in [0.2, 0.25) is 21.8 Å². The van der Waals surface area contributed by atoms with Crippen molar-refractivity contribution >= 4 is 49.1 Å². The Morgan fingerprint density at radius 2 is 1.85 bits per heavy atom. The number of primary sulfonamides is 1. The van der Waals surface area contributed by atoms with Gasteiger partial charge in [-0.3, -0.25) is 9.59 Å². The van der Waals surface area contributed by atoms with Gasteiger partial charge in [0.25, 0.3) is 0 Å². The topological polar surface area (TPSA) is 110 Å². The van der Waals surface area contributed by atoms with Crippen molar-refractivity contribution in [1.29, 1.82) is 0 Å². The molecule has 1 heterocycles. The number of benzene rings is 2. The summed E-state index contributed by atoms with van der Waals surface area (Å²) in [6.07, 6.45) is 0.987. The van der Waals surface area contributed by atoms with E-state index in [1.807, 2.05) is 18.2 Å². The molecular weight excluding hydrogens is 422 g/mol. The van der Waals surface area contributed by atoms with Gasteiger partial charge in [0.05, 0.1) is 4.90 Å². The predicted molar refractivity (Wildman–Crippen MR) is 101 cm³/mol. The fraction of sp³-hybridized carbons (Fsp3) is 0.176. The largest absolute Gasteiger partial charge is 0.325 e. The Morgan fingerprint density at radius 3 is 2.50 bits per heavy atom. The van der Waals surface area contributed by atoms with Gasteiger partial charge in [-0.25, -0.2) is 13.6 Å². The zero-order chi connectivity index (χ0) is 18.9. The Kier molecular flexibility index (Phi) is 5.12. The molecule has 0 spiro atoms. The van der Waals surface area contributed by atoms with Crippen molar-refractivity contribution < 1.29 is 18.0 Å². The normalized spacial score (nSPS) is 14.1. The molecule has 26 heavy (non-hydrogen) atoms. The second-order valence-electron chi connectivity index (χ2n) is 5.87. The maximum absolute atomic E-state index is 12.3. The SMILES string of the molecule is NS(=O)(=O)c1ccc(NC(=O)CN2C(=O)CCc3cc(Br)ccc32)cc1. The fourth-order valence-corrected chi connectivity index (χ4v) is 3.70. The number of halogens is 1. The third-order valence-electron chi connectivity index (χ3n) is 4.01. The van der Waals surface area contributed by atoms with E-state index < -0.39 is 10.0 Å². The molecule has 1 aliphatic rings. The van der Waals surface area contributed by atoms with Crippen molar-refractivity contribution in [2.24, 2.45) is 5.14 Å². The third-order valence-corrected chi connectivity index (χ3v) is 5.43. The third kappa shape index (κ3) is 4.12. The first-order valence-corrected chi connectivity index (χ1v) is 10.1. The van der Waals surface area contributed by atoms with Gasteiger partial charge in [0.1, 0.15) is 6.54 Å². The molecule has 9 heteroatoms. The first kappa shape index (κ1) is 18.6. The lowest BCUT2D eigenvalue weighted by Crippen LogP contribution is -2.40. The summed E-state index contributed by atoms with van der Waals surface area (Å²) in [5.74, 6) is -0.489.